The van der Waals surface area contributed by atoms with Crippen molar-refractivity contribution in [2.24, 2.45) is 0 Å². The highest BCUT2D eigenvalue weighted by Crippen LogP contribution is 2.44. The second-order valence-electron chi connectivity index (χ2n) is 15.0. The molecule has 1 nitrogen and oxygen atoms in total. The van der Waals surface area contributed by atoms with Gasteiger partial charge in [0.05, 0.1) is 11.4 Å². The number of hydrogen-bond donors (Lipinski definition) is 0. The fraction of sp³-hybridized carbons (Fsp3) is 0.113. The zero-order chi connectivity index (χ0) is 35.8. The Morgan fingerprint density at radius 2 is 0.759 bits per heavy atom. The van der Waals surface area contributed by atoms with Crippen molar-refractivity contribution in [1.82, 2.24) is 4.98 Å². The third-order valence-electron chi connectivity index (χ3n) is 11.8. The van der Waals surface area contributed by atoms with Crippen molar-refractivity contribution in [3.05, 3.63) is 199 Å². The average Bonchev–Trinajstić information content (AvgIpc) is 3.27. The van der Waals surface area contributed by atoms with Gasteiger partial charge in [0, 0.05) is 11.1 Å². The summed E-state index contributed by atoms with van der Waals surface area (Å²) in [5, 5.41) is 8.12. The molecule has 2 atom stereocenters. The van der Waals surface area contributed by atoms with Crippen LogP contribution >= 0.6 is 0 Å². The minimum Gasteiger partial charge on any atom is -0.248 e. The number of rotatable bonds is 6. The summed E-state index contributed by atoms with van der Waals surface area (Å²) in [6, 6.07) is 69.0. The zero-order valence-electron chi connectivity index (χ0n) is 30.3. The van der Waals surface area contributed by atoms with Gasteiger partial charge >= 0.3 is 0 Å². The Hall–Kier alpha value is -6.31. The van der Waals surface area contributed by atoms with Gasteiger partial charge in [-0.05, 0) is 115 Å². The average molecular weight is 692 g/mol. The first kappa shape index (κ1) is 32.3. The van der Waals surface area contributed by atoms with Crippen LogP contribution < -0.4 is 0 Å². The van der Waals surface area contributed by atoms with Crippen molar-refractivity contribution < 1.29 is 0 Å². The largest absolute Gasteiger partial charge is 0.248 e. The molecule has 0 bridgehead atoms. The van der Waals surface area contributed by atoms with E-state index in [2.05, 4.69) is 188 Å². The topological polar surface area (TPSA) is 12.9 Å². The predicted octanol–water partition coefficient (Wildman–Crippen LogP) is 14.7. The quantitative estimate of drug-likeness (QED) is 0.158. The molecular weight excluding hydrogens is 651 g/mol. The van der Waals surface area contributed by atoms with Gasteiger partial charge in [-0.3, -0.25) is 0 Å². The zero-order valence-corrected chi connectivity index (χ0v) is 30.3. The summed E-state index contributed by atoms with van der Waals surface area (Å²) in [6.45, 7) is 0. The summed E-state index contributed by atoms with van der Waals surface area (Å²) in [5.74, 6) is 1.09. The molecule has 0 N–H and O–H groups in total. The van der Waals surface area contributed by atoms with Gasteiger partial charge < -0.3 is 0 Å². The number of fused-ring (bicyclic) bond motifs is 6. The molecule has 0 radical (unpaired) electrons. The molecule has 1 heterocycles. The van der Waals surface area contributed by atoms with Crippen molar-refractivity contribution in [3.63, 3.8) is 0 Å². The first-order valence-electron chi connectivity index (χ1n) is 19.4. The van der Waals surface area contributed by atoms with Crippen LogP contribution in [-0.2, 0) is 0 Å². The van der Waals surface area contributed by atoms with Crippen LogP contribution in [0.15, 0.2) is 188 Å². The lowest BCUT2D eigenvalue weighted by Gasteiger charge is -2.30. The van der Waals surface area contributed by atoms with Gasteiger partial charge in [0.2, 0.25) is 0 Å². The van der Waals surface area contributed by atoms with Gasteiger partial charge in [-0.1, -0.05) is 176 Å². The van der Waals surface area contributed by atoms with E-state index in [0.717, 1.165) is 22.5 Å². The van der Waals surface area contributed by atoms with Gasteiger partial charge in [-0.15, -0.1) is 0 Å². The highest BCUT2D eigenvalue weighted by molar-refractivity contribution is 6.25. The molecule has 1 saturated carbocycles. The molecule has 0 saturated heterocycles. The Kier molecular flexibility index (Phi) is 8.34. The van der Waals surface area contributed by atoms with Crippen molar-refractivity contribution in [2.75, 3.05) is 0 Å². The summed E-state index contributed by atoms with van der Waals surface area (Å²) >= 11 is 0. The molecule has 54 heavy (non-hydrogen) atoms. The van der Waals surface area contributed by atoms with Crippen LogP contribution in [0, 0.1) is 0 Å². The van der Waals surface area contributed by atoms with E-state index < -0.39 is 0 Å². The molecule has 1 heteroatoms. The molecule has 0 amide bonds. The molecule has 1 aromatic heterocycles. The number of aromatic nitrogens is 1. The maximum atomic E-state index is 5.11. The lowest BCUT2D eigenvalue weighted by Crippen LogP contribution is -2.13. The van der Waals surface area contributed by atoms with Crippen LogP contribution in [0.2, 0.25) is 0 Å². The Morgan fingerprint density at radius 1 is 0.315 bits per heavy atom. The summed E-state index contributed by atoms with van der Waals surface area (Å²) < 4.78 is 0. The molecule has 0 aliphatic heterocycles. The van der Waals surface area contributed by atoms with Crippen molar-refractivity contribution in [1.29, 1.82) is 0 Å². The van der Waals surface area contributed by atoms with E-state index in [1.165, 1.54) is 91.4 Å². The third kappa shape index (κ3) is 6.06. The van der Waals surface area contributed by atoms with Gasteiger partial charge in [0.25, 0.3) is 0 Å². The van der Waals surface area contributed by atoms with Crippen LogP contribution in [0.1, 0.15) is 48.6 Å². The van der Waals surface area contributed by atoms with Gasteiger partial charge in [-0.25, -0.2) is 4.98 Å². The second-order valence-corrected chi connectivity index (χ2v) is 15.0. The molecule has 1 aliphatic rings. The van der Waals surface area contributed by atoms with Gasteiger partial charge in [0.15, 0.2) is 0 Å². The number of benzene rings is 8. The monoisotopic (exact) mass is 691 g/mol. The highest BCUT2D eigenvalue weighted by atomic mass is 14.7. The van der Waals surface area contributed by atoms with E-state index in [0.29, 0.717) is 11.8 Å². The van der Waals surface area contributed by atoms with Crippen molar-refractivity contribution >= 4 is 32.3 Å². The maximum Gasteiger partial charge on any atom is 0.0715 e. The maximum absolute atomic E-state index is 5.11. The Bertz CT molecular complexity index is 2690. The van der Waals surface area contributed by atoms with Crippen molar-refractivity contribution in [3.8, 4) is 44.8 Å². The minimum atomic E-state index is 0.540. The fourth-order valence-electron chi connectivity index (χ4n) is 9.04. The van der Waals surface area contributed by atoms with Crippen LogP contribution in [0.4, 0.5) is 0 Å². The van der Waals surface area contributed by atoms with E-state index in [1.54, 1.807) is 0 Å². The van der Waals surface area contributed by atoms with E-state index in [1.807, 2.05) is 0 Å². The molecule has 9 aromatic rings. The number of hydrogen-bond acceptors (Lipinski definition) is 1. The van der Waals surface area contributed by atoms with Gasteiger partial charge in [-0.2, -0.15) is 0 Å². The Labute approximate surface area is 317 Å². The van der Waals surface area contributed by atoms with E-state index in [-0.39, 0.29) is 0 Å². The molecule has 0 spiro atoms. The van der Waals surface area contributed by atoms with E-state index in [9.17, 15) is 0 Å². The van der Waals surface area contributed by atoms with Crippen molar-refractivity contribution in [2.45, 2.75) is 37.5 Å². The fourth-order valence-corrected chi connectivity index (χ4v) is 9.04. The summed E-state index contributed by atoms with van der Waals surface area (Å²) in [7, 11) is 0. The first-order valence-corrected chi connectivity index (χ1v) is 19.4. The van der Waals surface area contributed by atoms with Crippen LogP contribution in [0.25, 0.3) is 77.1 Å². The SMILES string of the molecule is c1ccc(-c2cc(-c3cccc(-c4cccc(C5CCCC(c6ccc7c8ccccc8c8ccccc8c7c6)C5)c4)c3)cc(-c3ccccc3)n2)cc1. The molecule has 10 rings (SSSR count). The third-order valence-corrected chi connectivity index (χ3v) is 11.8. The lowest BCUT2D eigenvalue weighted by atomic mass is 9.74. The lowest BCUT2D eigenvalue weighted by molar-refractivity contribution is 0.394. The van der Waals surface area contributed by atoms with Gasteiger partial charge in [0.1, 0.15) is 0 Å². The number of nitrogens with zero attached hydrogens (tertiary/aromatic N) is 1. The molecule has 1 fully saturated rings. The smallest absolute Gasteiger partial charge is 0.0715 e. The highest BCUT2D eigenvalue weighted by Gasteiger charge is 2.25. The van der Waals surface area contributed by atoms with Crippen LogP contribution in [0.5, 0.6) is 0 Å². The summed E-state index contributed by atoms with van der Waals surface area (Å²) in [5.41, 5.74) is 12.1. The van der Waals surface area contributed by atoms with Crippen LogP contribution in [0.3, 0.4) is 0 Å². The molecule has 2 unspecified atom stereocenters. The molecular formula is C53H41N. The Balaban J connectivity index is 0.966. The van der Waals surface area contributed by atoms with E-state index >= 15 is 0 Å². The summed E-state index contributed by atoms with van der Waals surface area (Å²) in [4.78, 5) is 5.11. The second kappa shape index (κ2) is 13.9. The summed E-state index contributed by atoms with van der Waals surface area (Å²) in [6.07, 6.45) is 4.92. The first-order chi connectivity index (χ1) is 26.7. The Morgan fingerprint density at radius 3 is 1.35 bits per heavy atom. The molecule has 8 aromatic carbocycles. The molecule has 1 aliphatic carbocycles. The molecule has 258 valence electrons. The standard InChI is InChI=1S/C53H41N/c1-3-14-36(15-4-1)52-34-45(35-53(54-52)37-16-5-2-6-17-37)43-23-13-21-41(32-43)39-19-11-18-38(30-39)40-20-12-22-42(31-40)44-28-29-50-48-26-8-7-24-46(48)47-25-9-10-27-49(47)51(50)33-44/h1-11,13-19,21,23-30,32-35,40,42H,12,20,22,31H2. The normalized spacial score (nSPS) is 15.9. The van der Waals surface area contributed by atoms with Crippen LogP contribution in [-0.4, -0.2) is 4.98 Å². The van der Waals surface area contributed by atoms with E-state index in [4.69, 9.17) is 4.98 Å². The predicted molar refractivity (Wildman–Crippen MR) is 229 cm³/mol. The number of pyridine rings is 1. The minimum absolute atomic E-state index is 0.540.